The van der Waals surface area contributed by atoms with Gasteiger partial charge in [-0.3, -0.25) is 15.1 Å². The van der Waals surface area contributed by atoms with Gasteiger partial charge in [-0.15, -0.1) is 16.0 Å². The molecule has 3 aromatic heterocycles. The van der Waals surface area contributed by atoms with Crippen LogP contribution in [0.2, 0.25) is 0 Å². The first kappa shape index (κ1) is 44.4. The lowest BCUT2D eigenvalue weighted by molar-refractivity contribution is -0.753. The molecular formula is C39H45ClF2N8O6S. The number of aromatic nitrogens is 5. The number of benzene rings is 2. The monoisotopic (exact) mass is 826 g/mol. The van der Waals surface area contributed by atoms with Crippen LogP contribution in [-0.4, -0.2) is 69.1 Å². The number of thiazole rings is 1. The summed E-state index contributed by atoms with van der Waals surface area (Å²) in [4.78, 5) is 35.3. The van der Waals surface area contributed by atoms with E-state index in [9.17, 15) is 19.1 Å². The molecule has 1 amide bonds. The van der Waals surface area contributed by atoms with Crippen molar-refractivity contribution in [3.05, 3.63) is 112 Å². The van der Waals surface area contributed by atoms with Gasteiger partial charge in [0.15, 0.2) is 0 Å². The van der Waals surface area contributed by atoms with Gasteiger partial charge in [-0.2, -0.15) is 4.57 Å². The molecule has 304 valence electrons. The molecule has 5 rings (SSSR count). The first-order chi connectivity index (χ1) is 26.5. The van der Waals surface area contributed by atoms with E-state index in [1.165, 1.54) is 51.4 Å². The van der Waals surface area contributed by atoms with E-state index >= 15 is 4.39 Å². The Bertz CT molecular complexity index is 2180. The molecule has 0 saturated heterocycles. The van der Waals surface area contributed by atoms with Crippen molar-refractivity contribution >= 4 is 35.1 Å². The second kappa shape index (κ2) is 18.7. The molecule has 0 radical (unpaired) electrons. The molecule has 3 heterocycles. The third-order valence-electron chi connectivity index (χ3n) is 8.72. The van der Waals surface area contributed by atoms with Crippen molar-refractivity contribution in [2.24, 2.45) is 0 Å². The van der Waals surface area contributed by atoms with Crippen LogP contribution in [0.25, 0.3) is 11.3 Å². The molecular weight excluding hydrogens is 782 g/mol. The molecule has 0 aliphatic carbocycles. The molecule has 0 saturated carbocycles. The Morgan fingerprint density at radius 3 is 2.53 bits per heavy atom. The Kier molecular flexibility index (Phi) is 14.6. The highest BCUT2D eigenvalue weighted by Gasteiger charge is 2.43. The third-order valence-corrected chi connectivity index (χ3v) is 9.75. The molecule has 18 heteroatoms. The summed E-state index contributed by atoms with van der Waals surface area (Å²) in [6.07, 6.45) is 2.65. The minimum atomic E-state index is -2.06. The summed E-state index contributed by atoms with van der Waals surface area (Å²) in [5, 5.41) is 30.0. The van der Waals surface area contributed by atoms with Crippen LogP contribution in [0.4, 0.5) is 19.4 Å². The van der Waals surface area contributed by atoms with Crippen molar-refractivity contribution in [3.8, 4) is 11.3 Å². The molecule has 2 aromatic carbocycles. The van der Waals surface area contributed by atoms with E-state index in [4.69, 9.17) is 24.6 Å². The van der Waals surface area contributed by atoms with Gasteiger partial charge >= 0.3 is 12.1 Å². The second-order valence-electron chi connectivity index (χ2n) is 14.1. The van der Waals surface area contributed by atoms with E-state index in [1.807, 2.05) is 32.9 Å². The quantitative estimate of drug-likeness (QED) is 0.0656. The van der Waals surface area contributed by atoms with Crippen molar-refractivity contribution in [2.75, 3.05) is 25.5 Å². The zero-order valence-electron chi connectivity index (χ0n) is 32.5. The number of amides is 1. The maximum Gasteiger partial charge on any atom is 0.418 e. The lowest BCUT2D eigenvalue weighted by atomic mass is 9.82. The zero-order chi connectivity index (χ0) is 40.8. The summed E-state index contributed by atoms with van der Waals surface area (Å²) in [5.74, 6) is -2.62. The fraction of sp³-hybridized carbons (Fsp3) is 0.359. The summed E-state index contributed by atoms with van der Waals surface area (Å²) in [6, 6.07) is 13.4. The van der Waals surface area contributed by atoms with Crippen LogP contribution in [0.1, 0.15) is 68.5 Å². The fourth-order valence-corrected chi connectivity index (χ4v) is 6.66. The number of aliphatic hydroxyl groups is 1. The van der Waals surface area contributed by atoms with Crippen molar-refractivity contribution < 1.29 is 54.7 Å². The predicted octanol–water partition coefficient (Wildman–Crippen LogP) is 2.86. The Hall–Kier alpha value is -5.36. The minimum absolute atomic E-state index is 0. The summed E-state index contributed by atoms with van der Waals surface area (Å²) >= 11 is 1.25. The first-order valence-electron chi connectivity index (χ1n) is 17.6. The van der Waals surface area contributed by atoms with Crippen LogP contribution in [-0.2, 0) is 37.8 Å². The Morgan fingerprint density at radius 2 is 1.84 bits per heavy atom. The van der Waals surface area contributed by atoms with Gasteiger partial charge in [0.2, 0.25) is 18.5 Å². The van der Waals surface area contributed by atoms with E-state index in [1.54, 1.807) is 50.5 Å². The smallest absolute Gasteiger partial charge is 0.418 e. The van der Waals surface area contributed by atoms with E-state index in [0.717, 1.165) is 23.8 Å². The van der Waals surface area contributed by atoms with Gasteiger partial charge in [0.1, 0.15) is 41.8 Å². The highest BCUT2D eigenvalue weighted by Crippen LogP contribution is 2.41. The lowest BCUT2D eigenvalue weighted by Crippen LogP contribution is -3.00. The van der Waals surface area contributed by atoms with Crippen molar-refractivity contribution in [2.45, 2.75) is 71.1 Å². The highest BCUT2D eigenvalue weighted by molar-refractivity contribution is 7.10. The molecule has 3 atom stereocenters. The topological polar surface area (TPSA) is 169 Å². The van der Waals surface area contributed by atoms with E-state index < -0.39 is 47.0 Å². The van der Waals surface area contributed by atoms with Crippen LogP contribution in [0, 0.1) is 17.0 Å². The fourth-order valence-electron chi connectivity index (χ4n) is 5.69. The summed E-state index contributed by atoms with van der Waals surface area (Å²) in [7, 11) is 3.09. The maximum atomic E-state index is 15.5. The Labute approximate surface area is 339 Å². The minimum Gasteiger partial charge on any atom is -1.00 e. The number of ether oxygens (including phenoxy) is 3. The van der Waals surface area contributed by atoms with E-state index in [-0.39, 0.29) is 49.4 Å². The third kappa shape index (κ3) is 10.9. The van der Waals surface area contributed by atoms with Gasteiger partial charge in [0, 0.05) is 58.8 Å². The molecule has 14 nitrogen and oxygen atoms in total. The first-order valence-corrected chi connectivity index (χ1v) is 18.5. The van der Waals surface area contributed by atoms with Crippen LogP contribution >= 0.6 is 11.3 Å². The number of esters is 1. The molecule has 0 bridgehead atoms. The van der Waals surface area contributed by atoms with Crippen LogP contribution in [0.3, 0.4) is 0 Å². The van der Waals surface area contributed by atoms with Gasteiger partial charge in [0.25, 0.3) is 6.33 Å². The summed E-state index contributed by atoms with van der Waals surface area (Å²) in [6.45, 7) is 8.45. The highest BCUT2D eigenvalue weighted by atomic mass is 35.5. The molecule has 1 unspecified atom stereocenters. The number of nitrogens with zero attached hydrogens (tertiary/aromatic N) is 6. The van der Waals surface area contributed by atoms with Gasteiger partial charge < -0.3 is 37.0 Å². The maximum absolute atomic E-state index is 15.5. The molecule has 0 spiro atoms. The SMILES string of the molecule is CNCC(=O)OCc1cccnc1N(C)C(=O)OC(C)[n+]1cnn(C[C@](O)(c2cc(F)ccc2F)[C@@H](C)c2nc(-c3ccc(C(=N)OC(C)(C)C)cc3)cs2)c1.[Cl-]. The van der Waals surface area contributed by atoms with Gasteiger partial charge in [-0.25, -0.2) is 23.5 Å². The number of anilines is 1. The van der Waals surface area contributed by atoms with Crippen molar-refractivity contribution in [1.29, 1.82) is 5.41 Å². The zero-order valence-corrected chi connectivity index (χ0v) is 34.1. The van der Waals surface area contributed by atoms with Crippen LogP contribution in [0.15, 0.2) is 78.8 Å². The number of pyridine rings is 1. The Balaban J connectivity index is 0.00000720. The van der Waals surface area contributed by atoms with E-state index in [2.05, 4.69) is 15.4 Å². The Morgan fingerprint density at radius 1 is 1.12 bits per heavy atom. The van der Waals surface area contributed by atoms with Crippen molar-refractivity contribution in [3.63, 3.8) is 0 Å². The van der Waals surface area contributed by atoms with Gasteiger partial charge in [-0.05, 0) is 64.2 Å². The number of carbonyl (C=O) groups excluding carboxylic acids is 2. The number of halogens is 3. The predicted molar refractivity (Wildman–Crippen MR) is 204 cm³/mol. The van der Waals surface area contributed by atoms with Crippen molar-refractivity contribution in [1.82, 2.24) is 25.1 Å². The molecule has 0 fully saturated rings. The summed E-state index contributed by atoms with van der Waals surface area (Å²) in [5.41, 5.74) is -0.435. The molecule has 3 N–H and O–H groups in total. The average Bonchev–Trinajstić information content (AvgIpc) is 3.84. The number of rotatable bonds is 14. The molecule has 57 heavy (non-hydrogen) atoms. The number of nitrogens with one attached hydrogen (secondary N) is 2. The number of hydrogen-bond donors (Lipinski definition) is 3. The average molecular weight is 827 g/mol. The number of carbonyl (C=O) groups is 2. The largest absolute Gasteiger partial charge is 1.00 e. The number of hydrogen-bond acceptors (Lipinski definition) is 12. The molecule has 5 aromatic rings. The normalized spacial score (nSPS) is 13.4. The lowest BCUT2D eigenvalue weighted by Gasteiger charge is -2.32. The number of likely N-dealkylation sites (N-methyl/N-ethyl adjacent to an activating group) is 1. The molecule has 0 aliphatic rings. The van der Waals surface area contributed by atoms with Crippen LogP contribution in [0.5, 0.6) is 0 Å². The second-order valence-corrected chi connectivity index (χ2v) is 15.0. The van der Waals surface area contributed by atoms with E-state index in [0.29, 0.717) is 21.8 Å². The van der Waals surface area contributed by atoms with Gasteiger partial charge in [-0.1, -0.05) is 25.1 Å². The summed E-state index contributed by atoms with van der Waals surface area (Å²) < 4.78 is 49.5. The molecule has 0 aliphatic heterocycles. The standard InChI is InChI=1S/C39H45F2N8O6S.ClH/c1-24(36-46-32(20-56-36)26-10-12-27(13-11-26)34(42)55-38(3,4)5)39(52,30-17-29(40)14-15-31(30)41)21-49-23-48(22-45-49)25(2)54-37(51)47(7)35-28(9-8-16-44-35)19-53-33(50)18-43-6;/h8-17,20,22-25,42-43,52H,18-19,21H2,1-7H3;1H/q+1;/p-1/t24-,25?,39+;/m0./s1. The van der Waals surface area contributed by atoms with Crippen LogP contribution < -0.4 is 27.2 Å². The van der Waals surface area contributed by atoms with Gasteiger partial charge in [0.05, 0.1) is 17.2 Å².